The Labute approximate surface area is 246 Å². The molecule has 0 heterocycles. The van der Waals surface area contributed by atoms with Crippen LogP contribution in [0.1, 0.15) is 91.0 Å². The summed E-state index contributed by atoms with van der Waals surface area (Å²) in [5, 5.41) is 22.4. The van der Waals surface area contributed by atoms with Gasteiger partial charge in [0, 0.05) is 0 Å². The van der Waals surface area contributed by atoms with Gasteiger partial charge in [-0.3, -0.25) is 0 Å². The number of hydrogen-bond donors (Lipinski definition) is 3. The number of aliphatic hydroxyl groups excluding tert-OH is 2. The summed E-state index contributed by atoms with van der Waals surface area (Å²) >= 11 is 0. The van der Waals surface area contributed by atoms with Crippen molar-refractivity contribution in [3.63, 3.8) is 0 Å². The van der Waals surface area contributed by atoms with Crippen molar-refractivity contribution in [2.45, 2.75) is 110 Å². The number of hydrogen-bond acceptors (Lipinski definition) is 6. The summed E-state index contributed by atoms with van der Waals surface area (Å²) in [7, 11) is -3.97. The number of rotatable bonds is 7. The van der Waals surface area contributed by atoms with E-state index in [0.29, 0.717) is 41.9 Å². The summed E-state index contributed by atoms with van der Waals surface area (Å²) < 4.78 is 32.4. The molecule has 5 rings (SSSR count). The molecular weight excluding hydrogens is 538 g/mol. The van der Waals surface area contributed by atoms with Crippen LogP contribution in [0.2, 0.25) is 0 Å². The second-order valence-electron chi connectivity index (χ2n) is 14.4. The summed E-state index contributed by atoms with van der Waals surface area (Å²) in [6, 6.07) is 6.33. The first-order chi connectivity index (χ1) is 19.3. The van der Waals surface area contributed by atoms with Gasteiger partial charge in [-0.25, -0.2) is 17.9 Å². The molecule has 0 aliphatic heterocycles. The second-order valence-corrected chi connectivity index (χ2v) is 16.1. The van der Waals surface area contributed by atoms with Crippen molar-refractivity contribution in [2.75, 3.05) is 6.61 Å². The van der Waals surface area contributed by atoms with Gasteiger partial charge in [-0.1, -0.05) is 51.8 Å². The molecule has 3 N–H and O–H groups in total. The maximum Gasteiger partial charge on any atom is 0.421 e. The topological polar surface area (TPSA) is 113 Å². The van der Waals surface area contributed by atoms with Crippen molar-refractivity contribution in [3.8, 4) is 0 Å². The minimum absolute atomic E-state index is 0.0359. The number of ether oxygens (including phenoxy) is 1. The number of sulfonamides is 1. The third kappa shape index (κ3) is 5.46. The maximum absolute atomic E-state index is 12.5. The van der Waals surface area contributed by atoms with E-state index in [2.05, 4.69) is 27.7 Å². The minimum Gasteiger partial charge on any atom is -0.449 e. The van der Waals surface area contributed by atoms with Gasteiger partial charge < -0.3 is 14.9 Å². The number of carbonyl (C=O) groups is 1. The monoisotopic (exact) mass is 589 g/mol. The number of amides is 1. The molecule has 41 heavy (non-hydrogen) atoms. The molecule has 8 heteroatoms. The van der Waals surface area contributed by atoms with Crippen LogP contribution in [-0.2, 0) is 14.8 Å². The Hall–Kier alpha value is -1.64. The fourth-order valence-electron chi connectivity index (χ4n) is 10.4. The lowest BCUT2D eigenvalue weighted by Crippen LogP contribution is -2.62. The van der Waals surface area contributed by atoms with E-state index in [1.54, 1.807) is 12.1 Å². The Morgan fingerprint density at radius 2 is 1.68 bits per heavy atom. The van der Waals surface area contributed by atoms with Crippen molar-refractivity contribution in [1.29, 1.82) is 0 Å². The molecule has 1 amide bonds. The van der Waals surface area contributed by atoms with Gasteiger partial charge in [-0.2, -0.15) is 0 Å². The van der Waals surface area contributed by atoms with E-state index in [9.17, 15) is 23.4 Å². The highest BCUT2D eigenvalue weighted by Gasteiger charge is 2.64. The molecule has 7 nitrogen and oxygen atoms in total. The molecule has 4 saturated carbocycles. The van der Waals surface area contributed by atoms with E-state index in [-0.39, 0.29) is 40.5 Å². The van der Waals surface area contributed by atoms with E-state index in [1.165, 1.54) is 12.1 Å². The third-order valence-corrected chi connectivity index (χ3v) is 13.8. The van der Waals surface area contributed by atoms with Gasteiger partial charge in [0.1, 0.15) is 0 Å². The fourth-order valence-corrected chi connectivity index (χ4v) is 11.3. The number of fused-ring (bicyclic) bond motifs is 5. The molecule has 0 unspecified atom stereocenters. The van der Waals surface area contributed by atoms with Gasteiger partial charge in [-0.05, 0) is 123 Å². The molecule has 4 fully saturated rings. The molecule has 230 valence electrons. The first kappa shape index (κ1) is 30.8. The first-order valence-electron chi connectivity index (χ1n) is 15.9. The molecule has 0 spiro atoms. The maximum atomic E-state index is 12.5. The number of nitrogens with one attached hydrogen (secondary N) is 1. The van der Waals surface area contributed by atoms with Crippen LogP contribution in [0, 0.1) is 59.2 Å². The Bertz CT molecular complexity index is 1200. The largest absolute Gasteiger partial charge is 0.449 e. The Balaban J connectivity index is 1.22. The number of carbonyl (C=O) groups excluding carboxylic acids is 1. The zero-order valence-electron chi connectivity index (χ0n) is 25.5. The van der Waals surface area contributed by atoms with Crippen LogP contribution < -0.4 is 4.72 Å². The highest BCUT2D eigenvalue weighted by molar-refractivity contribution is 7.90. The van der Waals surface area contributed by atoms with Gasteiger partial charge in [-0.15, -0.1) is 0 Å². The fraction of sp³-hybridized carbons (Fsp3) is 0.788. The van der Waals surface area contributed by atoms with Crippen molar-refractivity contribution in [1.82, 2.24) is 4.72 Å². The van der Waals surface area contributed by atoms with Gasteiger partial charge in [0.2, 0.25) is 0 Å². The van der Waals surface area contributed by atoms with E-state index >= 15 is 0 Å². The zero-order valence-corrected chi connectivity index (χ0v) is 26.3. The first-order valence-corrected chi connectivity index (χ1v) is 17.4. The average Bonchev–Trinajstić information content (AvgIpc) is 3.27. The second kappa shape index (κ2) is 11.5. The van der Waals surface area contributed by atoms with E-state index in [1.807, 2.05) is 11.6 Å². The Kier molecular flexibility index (Phi) is 8.61. The molecule has 0 bridgehead atoms. The number of benzene rings is 1. The third-order valence-electron chi connectivity index (χ3n) is 12.5. The quantitative estimate of drug-likeness (QED) is 0.356. The van der Waals surface area contributed by atoms with Crippen LogP contribution in [0.4, 0.5) is 4.79 Å². The molecule has 4 aliphatic rings. The molecule has 0 radical (unpaired) electrons. The van der Waals surface area contributed by atoms with E-state index in [0.717, 1.165) is 56.9 Å². The summed E-state index contributed by atoms with van der Waals surface area (Å²) in [6.07, 6.45) is 7.44. The predicted octanol–water partition coefficient (Wildman–Crippen LogP) is 6.06. The van der Waals surface area contributed by atoms with Crippen LogP contribution in [-0.4, -0.2) is 43.5 Å². The van der Waals surface area contributed by atoms with E-state index < -0.39 is 16.1 Å². The number of aryl methyl sites for hydroxylation is 1. The molecule has 1 aromatic rings. The van der Waals surface area contributed by atoms with Crippen molar-refractivity contribution >= 4 is 16.1 Å². The predicted molar refractivity (Wildman–Crippen MR) is 158 cm³/mol. The van der Waals surface area contributed by atoms with Gasteiger partial charge in [0.15, 0.2) is 0 Å². The van der Waals surface area contributed by atoms with Crippen LogP contribution in [0.25, 0.3) is 0 Å². The molecular formula is C33H51NO6S. The van der Waals surface area contributed by atoms with Crippen LogP contribution in [0.3, 0.4) is 0 Å². The molecule has 11 atom stereocenters. The van der Waals surface area contributed by atoms with Gasteiger partial charge in [0.25, 0.3) is 10.0 Å². The Morgan fingerprint density at radius 1 is 1.02 bits per heavy atom. The van der Waals surface area contributed by atoms with Crippen LogP contribution in [0.15, 0.2) is 29.2 Å². The zero-order chi connectivity index (χ0) is 29.7. The van der Waals surface area contributed by atoms with Gasteiger partial charge in [0.05, 0.1) is 23.7 Å². The SMILES string of the molecule is CC[C@H]1[C@@H](O)[C@@H]2[C@H](CC[C@]3(C)[C@@H]([C@H](C)CCOC(=O)NS(=O)(=O)c4ccc(C)cc4)CC[C@@H]23)[C@@]2(C)CC[C@@H](O)C[C@@H]12. The van der Waals surface area contributed by atoms with Gasteiger partial charge >= 0.3 is 6.09 Å². The lowest BCUT2D eigenvalue weighted by molar-refractivity contribution is -0.203. The highest BCUT2D eigenvalue weighted by atomic mass is 32.2. The number of aliphatic hydroxyl groups is 2. The van der Waals surface area contributed by atoms with Crippen molar-refractivity contribution < 1.29 is 28.2 Å². The lowest BCUT2D eigenvalue weighted by atomic mass is 9.41. The summed E-state index contributed by atoms with van der Waals surface area (Å²) in [5.41, 5.74) is 1.26. The molecule has 1 aromatic carbocycles. The van der Waals surface area contributed by atoms with Crippen molar-refractivity contribution in [2.24, 2.45) is 52.3 Å². The van der Waals surface area contributed by atoms with Crippen molar-refractivity contribution in [3.05, 3.63) is 29.8 Å². The average molecular weight is 590 g/mol. The normalized spacial score (nSPS) is 41.0. The smallest absolute Gasteiger partial charge is 0.421 e. The summed E-state index contributed by atoms with van der Waals surface area (Å²) in [6.45, 7) is 11.4. The van der Waals surface area contributed by atoms with E-state index in [4.69, 9.17) is 4.74 Å². The minimum atomic E-state index is -3.97. The molecule has 4 aliphatic carbocycles. The standard InChI is InChI=1S/C33H51NO6S/c1-6-24-28-19-22(35)13-16-33(28,5)27-14-17-32(4)25(11-12-26(32)29(27)30(24)36)21(3)15-18-40-31(37)34-41(38,39)23-9-7-20(2)8-10-23/h7-10,21-22,24-30,35-36H,6,11-19H2,1-5H3,(H,34,37)/t21-,22-,24-,25-,26+,27+,28+,29+,30-,32-,33-/m1/s1. The summed E-state index contributed by atoms with van der Waals surface area (Å²) in [4.78, 5) is 12.4. The highest BCUT2D eigenvalue weighted by Crippen LogP contribution is 2.69. The van der Waals surface area contributed by atoms with Crippen LogP contribution in [0.5, 0.6) is 0 Å². The summed E-state index contributed by atoms with van der Waals surface area (Å²) in [5.74, 6) is 2.73. The Morgan fingerprint density at radius 3 is 2.37 bits per heavy atom. The molecule has 0 saturated heterocycles. The van der Waals surface area contributed by atoms with Crippen LogP contribution >= 0.6 is 0 Å². The lowest BCUT2D eigenvalue weighted by Gasteiger charge is -2.64. The molecule has 0 aromatic heterocycles.